The summed E-state index contributed by atoms with van der Waals surface area (Å²) in [5.41, 5.74) is 3.06. The first kappa shape index (κ1) is 14.5. The average Bonchev–Trinajstić information content (AvgIpc) is 2.47. The Morgan fingerprint density at radius 2 is 2.00 bits per heavy atom. The second-order valence-corrected chi connectivity index (χ2v) is 4.82. The van der Waals surface area contributed by atoms with Crippen molar-refractivity contribution in [3.63, 3.8) is 0 Å². The molecule has 0 amide bonds. The van der Waals surface area contributed by atoms with E-state index < -0.39 is 4.92 Å². The monoisotopic (exact) mass is 281 g/mol. The minimum Gasteiger partial charge on any atom is -0.377 e. The van der Waals surface area contributed by atoms with Crippen molar-refractivity contribution in [3.8, 4) is 6.07 Å². The Morgan fingerprint density at radius 3 is 2.62 bits per heavy atom. The van der Waals surface area contributed by atoms with Crippen LogP contribution < -0.4 is 5.32 Å². The molecule has 0 bridgehead atoms. The van der Waals surface area contributed by atoms with Crippen LogP contribution >= 0.6 is 0 Å². The van der Waals surface area contributed by atoms with Gasteiger partial charge in [0.15, 0.2) is 0 Å². The Kier molecular flexibility index (Phi) is 4.19. The molecule has 21 heavy (non-hydrogen) atoms. The summed E-state index contributed by atoms with van der Waals surface area (Å²) in [6.07, 6.45) is 0. The van der Waals surface area contributed by atoms with E-state index in [4.69, 9.17) is 5.26 Å². The number of nitrogens with zero attached hydrogens (tertiary/aromatic N) is 2. The zero-order valence-corrected chi connectivity index (χ0v) is 11.8. The topological polar surface area (TPSA) is 79.0 Å². The minimum absolute atomic E-state index is 0.000226. The summed E-state index contributed by atoms with van der Waals surface area (Å²) in [5.74, 6) is 0. The van der Waals surface area contributed by atoms with Gasteiger partial charge in [0.25, 0.3) is 5.69 Å². The molecule has 2 aromatic rings. The Morgan fingerprint density at radius 1 is 1.29 bits per heavy atom. The fourth-order valence-electron chi connectivity index (χ4n) is 2.25. The van der Waals surface area contributed by atoms with E-state index in [1.165, 1.54) is 12.1 Å². The third-order valence-corrected chi connectivity index (χ3v) is 3.36. The molecule has 0 radical (unpaired) electrons. The molecular formula is C16H15N3O2. The molecule has 5 nitrogen and oxygen atoms in total. The molecule has 106 valence electrons. The van der Waals surface area contributed by atoms with Crippen molar-refractivity contribution < 1.29 is 4.92 Å². The maximum absolute atomic E-state index is 10.7. The molecule has 0 saturated heterocycles. The van der Waals surface area contributed by atoms with Gasteiger partial charge in [-0.05, 0) is 31.0 Å². The number of aryl methyl sites for hydroxylation is 1. The molecule has 0 unspecified atom stereocenters. The predicted octanol–water partition coefficient (Wildman–Crippen LogP) is 3.95. The van der Waals surface area contributed by atoms with Crippen LogP contribution in [0.3, 0.4) is 0 Å². The van der Waals surface area contributed by atoms with Crippen LogP contribution in [0.5, 0.6) is 0 Å². The highest BCUT2D eigenvalue weighted by Crippen LogP contribution is 2.26. The molecule has 2 aromatic carbocycles. The van der Waals surface area contributed by atoms with E-state index in [-0.39, 0.29) is 17.3 Å². The summed E-state index contributed by atoms with van der Waals surface area (Å²) in [6, 6.07) is 14.2. The fourth-order valence-corrected chi connectivity index (χ4v) is 2.25. The number of nitrogens with one attached hydrogen (secondary N) is 1. The lowest BCUT2D eigenvalue weighted by molar-refractivity contribution is -0.384. The lowest BCUT2D eigenvalue weighted by atomic mass is 10.0. The van der Waals surface area contributed by atoms with Gasteiger partial charge < -0.3 is 5.32 Å². The lowest BCUT2D eigenvalue weighted by Gasteiger charge is -2.18. The quantitative estimate of drug-likeness (QED) is 0.679. The predicted molar refractivity (Wildman–Crippen MR) is 81.0 cm³/mol. The second-order valence-electron chi connectivity index (χ2n) is 4.82. The van der Waals surface area contributed by atoms with Gasteiger partial charge in [-0.2, -0.15) is 5.26 Å². The molecule has 0 heterocycles. The summed E-state index contributed by atoms with van der Waals surface area (Å²) in [5, 5.41) is 23.1. The van der Waals surface area contributed by atoms with Gasteiger partial charge in [-0.1, -0.05) is 24.3 Å². The molecule has 0 aliphatic heterocycles. The largest absolute Gasteiger partial charge is 0.377 e. The van der Waals surface area contributed by atoms with E-state index >= 15 is 0 Å². The van der Waals surface area contributed by atoms with Gasteiger partial charge in [0, 0.05) is 18.2 Å². The van der Waals surface area contributed by atoms with Gasteiger partial charge in [0.05, 0.1) is 16.2 Å². The van der Waals surface area contributed by atoms with E-state index in [9.17, 15) is 10.1 Å². The summed E-state index contributed by atoms with van der Waals surface area (Å²) in [6.45, 7) is 4.01. The minimum atomic E-state index is -0.505. The van der Waals surface area contributed by atoms with Crippen LogP contribution in [0.1, 0.15) is 29.7 Å². The number of rotatable bonds is 4. The van der Waals surface area contributed by atoms with Gasteiger partial charge in [0.1, 0.15) is 6.07 Å². The number of non-ortho nitro benzene ring substituents is 1. The second kappa shape index (κ2) is 6.06. The van der Waals surface area contributed by atoms with Crippen LogP contribution in [0.2, 0.25) is 0 Å². The smallest absolute Gasteiger partial charge is 0.270 e. The summed E-state index contributed by atoms with van der Waals surface area (Å²) < 4.78 is 0. The Bertz CT molecular complexity index is 720. The van der Waals surface area contributed by atoms with Gasteiger partial charge in [-0.3, -0.25) is 10.1 Å². The van der Waals surface area contributed by atoms with Crippen LogP contribution in [0.25, 0.3) is 0 Å². The van der Waals surface area contributed by atoms with Crippen molar-refractivity contribution in [3.05, 3.63) is 69.3 Å². The molecule has 1 atom stereocenters. The van der Waals surface area contributed by atoms with E-state index in [0.717, 1.165) is 11.1 Å². The van der Waals surface area contributed by atoms with Crippen molar-refractivity contribution >= 4 is 11.4 Å². The Balaban J connectivity index is 2.30. The number of nitro groups is 1. The van der Waals surface area contributed by atoms with Crippen molar-refractivity contribution in [1.82, 2.24) is 0 Å². The van der Waals surface area contributed by atoms with Crippen molar-refractivity contribution in [1.29, 1.82) is 5.26 Å². The SMILES string of the molecule is Cc1ccccc1[C@@H](C)Nc1ccc([N+](=O)[O-])cc1C#N. The first-order valence-corrected chi connectivity index (χ1v) is 6.53. The van der Waals surface area contributed by atoms with Crippen LogP contribution in [0.4, 0.5) is 11.4 Å². The van der Waals surface area contributed by atoms with Crippen LogP contribution in [0.15, 0.2) is 42.5 Å². The molecular weight excluding hydrogens is 266 g/mol. The highest BCUT2D eigenvalue weighted by atomic mass is 16.6. The van der Waals surface area contributed by atoms with E-state index in [1.807, 2.05) is 44.2 Å². The van der Waals surface area contributed by atoms with Crippen molar-refractivity contribution in [2.24, 2.45) is 0 Å². The van der Waals surface area contributed by atoms with E-state index in [1.54, 1.807) is 6.07 Å². The lowest BCUT2D eigenvalue weighted by Crippen LogP contribution is -2.09. The van der Waals surface area contributed by atoms with Crippen LogP contribution in [-0.2, 0) is 0 Å². The molecule has 0 aromatic heterocycles. The molecule has 1 N–H and O–H groups in total. The first-order valence-electron chi connectivity index (χ1n) is 6.53. The zero-order chi connectivity index (χ0) is 15.4. The van der Waals surface area contributed by atoms with Gasteiger partial charge in [-0.25, -0.2) is 0 Å². The van der Waals surface area contributed by atoms with Crippen LogP contribution in [0, 0.1) is 28.4 Å². The summed E-state index contributed by atoms with van der Waals surface area (Å²) in [4.78, 5) is 10.2. The molecule has 0 aliphatic rings. The van der Waals surface area contributed by atoms with Gasteiger partial charge in [-0.15, -0.1) is 0 Å². The molecule has 0 fully saturated rings. The molecule has 0 aliphatic carbocycles. The molecule has 0 spiro atoms. The number of nitriles is 1. The third kappa shape index (κ3) is 3.18. The van der Waals surface area contributed by atoms with Crippen LogP contribution in [-0.4, -0.2) is 4.92 Å². The summed E-state index contributed by atoms with van der Waals surface area (Å²) >= 11 is 0. The normalized spacial score (nSPS) is 11.5. The van der Waals surface area contributed by atoms with E-state index in [0.29, 0.717) is 5.69 Å². The zero-order valence-electron chi connectivity index (χ0n) is 11.8. The molecule has 5 heteroatoms. The standard InChI is InChI=1S/C16H15N3O2/c1-11-5-3-4-6-15(11)12(2)18-16-8-7-14(19(20)21)9-13(16)10-17/h3-9,12,18H,1-2H3/t12-/m1/s1. The maximum atomic E-state index is 10.7. The van der Waals surface area contributed by atoms with E-state index in [2.05, 4.69) is 5.32 Å². The average molecular weight is 281 g/mol. The van der Waals surface area contributed by atoms with Gasteiger partial charge in [0.2, 0.25) is 0 Å². The number of hydrogen-bond acceptors (Lipinski definition) is 4. The molecule has 2 rings (SSSR count). The van der Waals surface area contributed by atoms with Crippen molar-refractivity contribution in [2.45, 2.75) is 19.9 Å². The van der Waals surface area contributed by atoms with Gasteiger partial charge >= 0.3 is 0 Å². The number of hydrogen-bond donors (Lipinski definition) is 1. The first-order chi connectivity index (χ1) is 10.0. The number of nitro benzene ring substituents is 1. The highest BCUT2D eigenvalue weighted by molar-refractivity contribution is 5.62. The summed E-state index contributed by atoms with van der Waals surface area (Å²) in [7, 11) is 0. The maximum Gasteiger partial charge on any atom is 0.270 e. The Hall–Kier alpha value is -2.87. The number of benzene rings is 2. The van der Waals surface area contributed by atoms with Crippen molar-refractivity contribution in [2.75, 3.05) is 5.32 Å². The third-order valence-electron chi connectivity index (χ3n) is 3.36. The molecule has 0 saturated carbocycles. The number of anilines is 1. The Labute approximate surface area is 123 Å². The fraction of sp³-hybridized carbons (Fsp3) is 0.188. The highest BCUT2D eigenvalue weighted by Gasteiger charge is 2.13.